The van der Waals surface area contributed by atoms with Crippen LogP contribution in [-0.4, -0.2) is 4.98 Å². The van der Waals surface area contributed by atoms with E-state index in [4.69, 9.17) is 0 Å². The summed E-state index contributed by atoms with van der Waals surface area (Å²) in [6.07, 6.45) is 4.15. The summed E-state index contributed by atoms with van der Waals surface area (Å²) in [4.78, 5) is 4.67. The number of rotatable bonds is 3. The Morgan fingerprint density at radius 2 is 1.67 bits per heavy atom. The lowest BCUT2D eigenvalue weighted by Gasteiger charge is -1.96. The molecule has 3 rings (SSSR count). The first-order chi connectivity index (χ1) is 10.2. The van der Waals surface area contributed by atoms with E-state index in [-0.39, 0.29) is 0 Å². The van der Waals surface area contributed by atoms with Crippen molar-refractivity contribution in [3.05, 3.63) is 74.5 Å². The van der Waals surface area contributed by atoms with E-state index in [0.29, 0.717) is 0 Å². The summed E-state index contributed by atoms with van der Waals surface area (Å²) in [6, 6.07) is 16.7. The molecule has 0 aliphatic heterocycles. The zero-order valence-corrected chi connectivity index (χ0v) is 14.0. The maximum atomic E-state index is 4.67. The normalized spacial score (nSPS) is 11.1. The van der Waals surface area contributed by atoms with Gasteiger partial charge in [0.25, 0.3) is 0 Å². The van der Waals surface area contributed by atoms with E-state index in [1.807, 2.05) is 12.1 Å². The number of hydrogen-bond acceptors (Lipinski definition) is 2. The fourth-order valence-electron chi connectivity index (χ4n) is 1.96. The Labute approximate surface area is 137 Å². The van der Waals surface area contributed by atoms with Gasteiger partial charge in [-0.3, -0.25) is 0 Å². The average molecular weight is 356 g/mol. The second-order valence-corrected chi connectivity index (χ2v) is 6.63. The Morgan fingerprint density at radius 3 is 2.38 bits per heavy atom. The third-order valence-corrected chi connectivity index (χ3v) is 4.50. The standard InChI is InChI=1S/C18H14BrNS/c1-13-2-7-15(8-3-13)17-12-21-18(20-17)11-6-14-4-9-16(19)10-5-14/h2-12H,1H3/b11-6+. The Kier molecular flexibility index (Phi) is 4.32. The summed E-state index contributed by atoms with van der Waals surface area (Å²) in [5.74, 6) is 0. The summed E-state index contributed by atoms with van der Waals surface area (Å²) in [5, 5.41) is 3.12. The number of aromatic nitrogens is 1. The number of halogens is 1. The molecule has 1 nitrogen and oxygen atoms in total. The molecule has 0 spiro atoms. The maximum absolute atomic E-state index is 4.67. The van der Waals surface area contributed by atoms with Crippen LogP contribution in [0.2, 0.25) is 0 Å². The van der Waals surface area contributed by atoms with Crippen molar-refractivity contribution in [1.29, 1.82) is 0 Å². The maximum Gasteiger partial charge on any atom is 0.116 e. The second kappa shape index (κ2) is 6.37. The molecular weight excluding hydrogens is 342 g/mol. The highest BCUT2D eigenvalue weighted by atomic mass is 79.9. The minimum atomic E-state index is 1.02. The molecule has 104 valence electrons. The van der Waals surface area contributed by atoms with Gasteiger partial charge in [0.2, 0.25) is 0 Å². The molecule has 2 aromatic carbocycles. The van der Waals surface area contributed by atoms with Crippen LogP contribution in [0.1, 0.15) is 16.1 Å². The molecule has 0 N–H and O–H groups in total. The lowest BCUT2D eigenvalue weighted by molar-refractivity contribution is 1.37. The smallest absolute Gasteiger partial charge is 0.116 e. The van der Waals surface area contributed by atoms with Gasteiger partial charge >= 0.3 is 0 Å². The van der Waals surface area contributed by atoms with Gasteiger partial charge in [-0.25, -0.2) is 4.98 Å². The molecule has 1 heterocycles. The van der Waals surface area contributed by atoms with Crippen LogP contribution in [0.4, 0.5) is 0 Å². The molecule has 0 saturated carbocycles. The lowest BCUT2D eigenvalue weighted by Crippen LogP contribution is -1.79. The molecule has 1 aromatic heterocycles. The molecule has 0 aliphatic carbocycles. The quantitative estimate of drug-likeness (QED) is 0.557. The molecule has 3 aromatic rings. The van der Waals surface area contributed by atoms with Gasteiger partial charge in [0.05, 0.1) is 5.69 Å². The van der Waals surface area contributed by atoms with Crippen molar-refractivity contribution in [1.82, 2.24) is 4.98 Å². The SMILES string of the molecule is Cc1ccc(-c2csc(/C=C/c3ccc(Br)cc3)n2)cc1. The van der Waals surface area contributed by atoms with Crippen molar-refractivity contribution >= 4 is 39.4 Å². The minimum absolute atomic E-state index is 1.02. The second-order valence-electron chi connectivity index (χ2n) is 4.82. The number of nitrogens with zero attached hydrogens (tertiary/aromatic N) is 1. The van der Waals surface area contributed by atoms with Crippen molar-refractivity contribution in [2.24, 2.45) is 0 Å². The summed E-state index contributed by atoms with van der Waals surface area (Å²) >= 11 is 5.11. The molecule has 3 heteroatoms. The van der Waals surface area contributed by atoms with E-state index in [1.54, 1.807) is 11.3 Å². The number of hydrogen-bond donors (Lipinski definition) is 0. The van der Waals surface area contributed by atoms with Crippen molar-refractivity contribution in [3.63, 3.8) is 0 Å². The summed E-state index contributed by atoms with van der Waals surface area (Å²) in [6.45, 7) is 2.09. The first-order valence-corrected chi connectivity index (χ1v) is 8.34. The molecule has 0 aliphatic rings. The zero-order valence-electron chi connectivity index (χ0n) is 11.6. The fourth-order valence-corrected chi connectivity index (χ4v) is 2.95. The lowest BCUT2D eigenvalue weighted by atomic mass is 10.1. The van der Waals surface area contributed by atoms with Gasteiger partial charge in [-0.2, -0.15) is 0 Å². The number of aryl methyl sites for hydroxylation is 1. The van der Waals surface area contributed by atoms with Crippen LogP contribution in [-0.2, 0) is 0 Å². The minimum Gasteiger partial charge on any atom is -0.237 e. The van der Waals surface area contributed by atoms with Crippen LogP contribution in [0.25, 0.3) is 23.4 Å². The van der Waals surface area contributed by atoms with E-state index < -0.39 is 0 Å². The van der Waals surface area contributed by atoms with E-state index >= 15 is 0 Å². The highest BCUT2D eigenvalue weighted by molar-refractivity contribution is 9.10. The Morgan fingerprint density at radius 1 is 0.952 bits per heavy atom. The van der Waals surface area contributed by atoms with Crippen LogP contribution in [0.5, 0.6) is 0 Å². The van der Waals surface area contributed by atoms with Crippen molar-refractivity contribution in [3.8, 4) is 11.3 Å². The van der Waals surface area contributed by atoms with Crippen LogP contribution < -0.4 is 0 Å². The molecule has 0 radical (unpaired) electrons. The largest absolute Gasteiger partial charge is 0.237 e. The van der Waals surface area contributed by atoms with Gasteiger partial charge in [-0.1, -0.05) is 64.0 Å². The van der Waals surface area contributed by atoms with Crippen molar-refractivity contribution in [2.75, 3.05) is 0 Å². The third kappa shape index (κ3) is 3.69. The topological polar surface area (TPSA) is 12.9 Å². The predicted molar refractivity (Wildman–Crippen MR) is 95.4 cm³/mol. The summed E-state index contributed by atoms with van der Waals surface area (Å²) in [5.41, 5.74) is 4.64. The summed E-state index contributed by atoms with van der Waals surface area (Å²) in [7, 11) is 0. The Hall–Kier alpha value is -1.71. The first kappa shape index (κ1) is 14.2. The van der Waals surface area contributed by atoms with Gasteiger partial charge < -0.3 is 0 Å². The van der Waals surface area contributed by atoms with Crippen molar-refractivity contribution < 1.29 is 0 Å². The molecule has 0 amide bonds. The van der Waals surface area contributed by atoms with Crippen LogP contribution in [0.15, 0.2) is 58.4 Å². The number of benzene rings is 2. The molecule has 0 unspecified atom stereocenters. The van der Waals surface area contributed by atoms with Crippen LogP contribution >= 0.6 is 27.3 Å². The molecule has 0 atom stereocenters. The van der Waals surface area contributed by atoms with Gasteiger partial charge in [-0.05, 0) is 30.7 Å². The zero-order chi connectivity index (χ0) is 14.7. The molecule has 21 heavy (non-hydrogen) atoms. The van der Waals surface area contributed by atoms with E-state index in [1.165, 1.54) is 16.7 Å². The van der Waals surface area contributed by atoms with Gasteiger partial charge in [-0.15, -0.1) is 11.3 Å². The van der Waals surface area contributed by atoms with E-state index in [9.17, 15) is 0 Å². The van der Waals surface area contributed by atoms with Crippen LogP contribution in [0.3, 0.4) is 0 Å². The Balaban J connectivity index is 1.78. The number of thiazole rings is 1. The van der Waals surface area contributed by atoms with E-state index in [0.717, 1.165) is 15.2 Å². The molecule has 0 fully saturated rings. The van der Waals surface area contributed by atoms with Gasteiger partial charge in [0.1, 0.15) is 5.01 Å². The van der Waals surface area contributed by atoms with Crippen molar-refractivity contribution in [2.45, 2.75) is 6.92 Å². The summed E-state index contributed by atoms with van der Waals surface area (Å²) < 4.78 is 1.09. The highest BCUT2D eigenvalue weighted by Crippen LogP contribution is 2.23. The third-order valence-electron chi connectivity index (χ3n) is 3.16. The van der Waals surface area contributed by atoms with Crippen LogP contribution in [0, 0.1) is 6.92 Å². The first-order valence-electron chi connectivity index (χ1n) is 6.67. The molecule has 0 bridgehead atoms. The highest BCUT2D eigenvalue weighted by Gasteiger charge is 2.02. The molecule has 0 saturated heterocycles. The Bertz CT molecular complexity index is 755. The molecular formula is C18H14BrNS. The van der Waals surface area contributed by atoms with Gasteiger partial charge in [0, 0.05) is 15.4 Å². The monoisotopic (exact) mass is 355 g/mol. The van der Waals surface area contributed by atoms with Gasteiger partial charge in [0.15, 0.2) is 0 Å². The predicted octanol–water partition coefficient (Wildman–Crippen LogP) is 6.05. The fraction of sp³-hybridized carbons (Fsp3) is 0.0556. The van der Waals surface area contributed by atoms with E-state index in [2.05, 4.69) is 81.8 Å². The average Bonchev–Trinajstić information content (AvgIpc) is 2.96.